The zero-order chi connectivity index (χ0) is 8.74. The Balaban J connectivity index is 3.90. The topological polar surface area (TPSA) is 35.5 Å². The zero-order valence-electron chi connectivity index (χ0n) is 6.36. The summed E-state index contributed by atoms with van der Waals surface area (Å²) in [6.07, 6.45) is 5.57. The van der Waals surface area contributed by atoms with Gasteiger partial charge in [-0.05, 0) is 13.8 Å². The molecule has 0 N–H and O–H groups in total. The monoisotopic (exact) mass is 196 g/mol. The van der Waals surface area contributed by atoms with Crippen molar-refractivity contribution < 1.29 is 13.6 Å². The van der Waals surface area contributed by atoms with Crippen LogP contribution < -0.4 is 0 Å². The van der Waals surface area contributed by atoms with Crippen molar-refractivity contribution in [2.24, 2.45) is 0 Å². The summed E-state index contributed by atoms with van der Waals surface area (Å²) in [5.74, 6) is 0. The second-order valence-electron chi connectivity index (χ2n) is 1.58. The fourth-order valence-corrected chi connectivity index (χ4v) is 1.15. The van der Waals surface area contributed by atoms with Gasteiger partial charge in [0.1, 0.15) is 0 Å². The minimum atomic E-state index is -3.43. The molecule has 5 heteroatoms. The molecule has 64 valence electrons. The molecule has 0 rings (SSSR count). The molecule has 0 spiro atoms. The van der Waals surface area contributed by atoms with Gasteiger partial charge in [0.15, 0.2) is 0 Å². The highest BCUT2D eigenvalue weighted by Gasteiger charge is 2.18. The number of halogens is 1. The zero-order valence-corrected chi connectivity index (χ0v) is 8.01. The van der Waals surface area contributed by atoms with E-state index in [0.29, 0.717) is 0 Å². The number of allylic oxidation sites excluding steroid dienone is 2. The lowest BCUT2D eigenvalue weighted by atomic mass is 10.8. The summed E-state index contributed by atoms with van der Waals surface area (Å²) < 4.78 is 20.0. The van der Waals surface area contributed by atoms with Crippen LogP contribution in [0.3, 0.4) is 0 Å². The molecule has 0 bridgehead atoms. The van der Waals surface area contributed by atoms with E-state index in [-0.39, 0.29) is 0 Å². The van der Waals surface area contributed by atoms with Gasteiger partial charge in [-0.2, -0.15) is 0 Å². The SMILES string of the molecule is CC=COP(=O)(Cl)OC=CC. The molecule has 0 heterocycles. The molecule has 0 aromatic rings. The maximum atomic E-state index is 11.0. The molecular formula is C6H10ClO3P. The molecule has 0 aromatic carbocycles. The smallest absolute Gasteiger partial charge is 0.413 e. The van der Waals surface area contributed by atoms with Crippen molar-refractivity contribution in [2.75, 3.05) is 0 Å². The van der Waals surface area contributed by atoms with E-state index in [2.05, 4.69) is 9.05 Å². The van der Waals surface area contributed by atoms with Crippen LogP contribution in [0, 0.1) is 0 Å². The average Bonchev–Trinajstić information content (AvgIpc) is 1.97. The van der Waals surface area contributed by atoms with Gasteiger partial charge in [0, 0.05) is 11.2 Å². The quantitative estimate of drug-likeness (QED) is 0.510. The predicted molar refractivity (Wildman–Crippen MR) is 45.3 cm³/mol. The Hall–Kier alpha value is -0.400. The fraction of sp³-hybridized carbons (Fsp3) is 0.333. The summed E-state index contributed by atoms with van der Waals surface area (Å²) in [6.45, 7) is 0.00270. The van der Waals surface area contributed by atoms with E-state index in [1.807, 2.05) is 0 Å². The first-order valence-corrected chi connectivity index (χ1v) is 5.46. The average molecular weight is 197 g/mol. The molecule has 0 radical (unpaired) electrons. The molecule has 0 saturated heterocycles. The first-order valence-electron chi connectivity index (χ1n) is 3.01. The summed E-state index contributed by atoms with van der Waals surface area (Å²) in [7, 11) is 0. The standard InChI is InChI=1S/C6H10ClO3P/c1-3-5-9-11(7,8)10-6-4-2/h3-6H,1-2H3. The van der Waals surface area contributed by atoms with Gasteiger partial charge in [-0.25, -0.2) is 4.57 Å². The van der Waals surface area contributed by atoms with Crippen molar-refractivity contribution in [1.29, 1.82) is 0 Å². The van der Waals surface area contributed by atoms with Crippen LogP contribution in [-0.4, -0.2) is 0 Å². The van der Waals surface area contributed by atoms with Crippen LogP contribution in [0.5, 0.6) is 0 Å². The number of rotatable bonds is 4. The first kappa shape index (κ1) is 10.6. The van der Waals surface area contributed by atoms with Crippen molar-refractivity contribution in [3.63, 3.8) is 0 Å². The summed E-state index contributed by atoms with van der Waals surface area (Å²) in [6, 6.07) is 0. The van der Waals surface area contributed by atoms with Crippen molar-refractivity contribution in [3.05, 3.63) is 24.7 Å². The molecule has 0 aliphatic heterocycles. The minimum Gasteiger partial charge on any atom is -0.413 e. The Bertz CT molecular complexity index is 182. The van der Waals surface area contributed by atoms with E-state index in [1.54, 1.807) is 26.0 Å². The van der Waals surface area contributed by atoms with E-state index < -0.39 is 6.95 Å². The molecule has 0 aliphatic carbocycles. The summed E-state index contributed by atoms with van der Waals surface area (Å²) >= 11 is 5.30. The molecule has 11 heavy (non-hydrogen) atoms. The van der Waals surface area contributed by atoms with E-state index in [4.69, 9.17) is 11.2 Å². The highest BCUT2D eigenvalue weighted by atomic mass is 35.7. The van der Waals surface area contributed by atoms with Crippen LogP contribution in [0.4, 0.5) is 0 Å². The molecule has 0 fully saturated rings. The first-order chi connectivity index (χ1) is 5.12. The van der Waals surface area contributed by atoms with Crippen molar-refractivity contribution in [3.8, 4) is 0 Å². The van der Waals surface area contributed by atoms with E-state index in [1.165, 1.54) is 12.5 Å². The van der Waals surface area contributed by atoms with E-state index in [9.17, 15) is 4.57 Å². The third kappa shape index (κ3) is 6.02. The Morgan fingerprint density at radius 2 is 1.55 bits per heavy atom. The second kappa shape index (κ2) is 5.28. The molecule has 0 amide bonds. The number of hydrogen-bond donors (Lipinski definition) is 0. The molecular weight excluding hydrogens is 186 g/mol. The third-order valence-corrected chi connectivity index (χ3v) is 1.87. The second-order valence-corrected chi connectivity index (χ2v) is 4.11. The maximum Gasteiger partial charge on any atom is 0.529 e. The maximum absolute atomic E-state index is 11.0. The molecule has 0 unspecified atom stereocenters. The van der Waals surface area contributed by atoms with E-state index in [0.717, 1.165) is 0 Å². The van der Waals surface area contributed by atoms with Crippen molar-refractivity contribution in [2.45, 2.75) is 13.8 Å². The van der Waals surface area contributed by atoms with Crippen LogP contribution in [0.15, 0.2) is 24.7 Å². The summed E-state index contributed by atoms with van der Waals surface area (Å²) in [5, 5.41) is 0. The van der Waals surface area contributed by atoms with Crippen LogP contribution >= 0.6 is 18.2 Å². The molecule has 0 saturated carbocycles. The number of hydrogen-bond acceptors (Lipinski definition) is 3. The van der Waals surface area contributed by atoms with Gasteiger partial charge in [-0.1, -0.05) is 12.2 Å². The molecule has 0 atom stereocenters. The Labute approximate surface area is 71.0 Å². The summed E-state index contributed by atoms with van der Waals surface area (Å²) in [5.41, 5.74) is 0. The highest BCUT2D eigenvalue weighted by molar-refractivity contribution is 7.81. The van der Waals surface area contributed by atoms with Crippen LogP contribution in [0.25, 0.3) is 0 Å². The van der Waals surface area contributed by atoms with Crippen molar-refractivity contribution in [1.82, 2.24) is 0 Å². The summed E-state index contributed by atoms with van der Waals surface area (Å²) in [4.78, 5) is 0. The van der Waals surface area contributed by atoms with Gasteiger partial charge < -0.3 is 9.05 Å². The van der Waals surface area contributed by atoms with Gasteiger partial charge in [-0.15, -0.1) is 0 Å². The minimum absolute atomic E-state index is 1.22. The highest BCUT2D eigenvalue weighted by Crippen LogP contribution is 2.54. The van der Waals surface area contributed by atoms with Gasteiger partial charge in [0.05, 0.1) is 12.5 Å². The lowest BCUT2D eigenvalue weighted by Gasteiger charge is -2.05. The van der Waals surface area contributed by atoms with Crippen LogP contribution in [0.1, 0.15) is 13.8 Å². The van der Waals surface area contributed by atoms with Gasteiger partial charge in [-0.3, -0.25) is 0 Å². The Morgan fingerprint density at radius 3 is 1.82 bits per heavy atom. The third-order valence-electron chi connectivity index (χ3n) is 0.646. The predicted octanol–water partition coefficient (Wildman–Crippen LogP) is 3.43. The normalized spacial score (nSPS) is 17.0. The lowest BCUT2D eigenvalue weighted by Crippen LogP contribution is -1.76. The van der Waals surface area contributed by atoms with Crippen LogP contribution in [-0.2, 0) is 13.6 Å². The van der Waals surface area contributed by atoms with Crippen LogP contribution in [0.2, 0.25) is 0 Å². The van der Waals surface area contributed by atoms with Crippen molar-refractivity contribution >= 4 is 18.2 Å². The lowest BCUT2D eigenvalue weighted by molar-refractivity contribution is 0.346. The van der Waals surface area contributed by atoms with Gasteiger partial charge >= 0.3 is 6.95 Å². The fourth-order valence-electron chi connectivity index (χ4n) is 0.292. The molecule has 0 aromatic heterocycles. The van der Waals surface area contributed by atoms with Gasteiger partial charge in [0.25, 0.3) is 0 Å². The largest absolute Gasteiger partial charge is 0.529 e. The van der Waals surface area contributed by atoms with Gasteiger partial charge in [0.2, 0.25) is 0 Å². The molecule has 0 aliphatic rings. The Kier molecular flexibility index (Phi) is 5.08. The van der Waals surface area contributed by atoms with E-state index >= 15 is 0 Å². The Morgan fingerprint density at radius 1 is 1.18 bits per heavy atom. The molecule has 3 nitrogen and oxygen atoms in total.